The molecule has 1 heterocycles. The number of carbonyl (C=O) groups excluding carboxylic acids is 1. The van der Waals surface area contributed by atoms with Gasteiger partial charge in [-0.3, -0.25) is 4.79 Å². The molecular formula is C14H18BrN3O2. The van der Waals surface area contributed by atoms with E-state index in [-0.39, 0.29) is 17.7 Å². The highest BCUT2D eigenvalue weighted by atomic mass is 79.9. The molecule has 1 saturated heterocycles. The molecule has 0 aromatic heterocycles. The summed E-state index contributed by atoms with van der Waals surface area (Å²) in [4.78, 5) is 14.4. The van der Waals surface area contributed by atoms with Gasteiger partial charge in [0.15, 0.2) is 0 Å². The highest BCUT2D eigenvalue weighted by Crippen LogP contribution is 2.25. The normalized spacial score (nSPS) is 20.0. The lowest BCUT2D eigenvalue weighted by Gasteiger charge is -2.32. The predicted octanol–water partition coefficient (Wildman–Crippen LogP) is 2.36. The maximum atomic E-state index is 12.6. The first-order valence-electron chi connectivity index (χ1n) is 6.56. The largest absolute Gasteiger partial charge is 0.409 e. The molecule has 0 spiro atoms. The summed E-state index contributed by atoms with van der Waals surface area (Å²) in [6.07, 6.45) is 1.70. The zero-order chi connectivity index (χ0) is 14.7. The molecule has 1 aromatic carbocycles. The highest BCUT2D eigenvalue weighted by Gasteiger charge is 2.27. The maximum Gasteiger partial charge on any atom is 0.255 e. The molecule has 0 aliphatic carbocycles. The minimum Gasteiger partial charge on any atom is -0.409 e. The second-order valence-electron chi connectivity index (χ2n) is 5.05. The van der Waals surface area contributed by atoms with Crippen LogP contribution in [0.4, 0.5) is 0 Å². The minimum absolute atomic E-state index is 0.0176. The van der Waals surface area contributed by atoms with E-state index in [1.807, 2.05) is 25.1 Å². The summed E-state index contributed by atoms with van der Waals surface area (Å²) in [5.41, 5.74) is 7.34. The van der Waals surface area contributed by atoms with E-state index in [0.717, 1.165) is 22.9 Å². The number of likely N-dealkylation sites (tertiary alicyclic amines) is 1. The Labute approximate surface area is 126 Å². The number of hydrogen-bond donors (Lipinski definition) is 2. The summed E-state index contributed by atoms with van der Waals surface area (Å²) in [6, 6.07) is 5.64. The van der Waals surface area contributed by atoms with Crippen LogP contribution in [0.2, 0.25) is 0 Å². The molecular weight excluding hydrogens is 322 g/mol. The Bertz CT molecular complexity index is 545. The highest BCUT2D eigenvalue weighted by molar-refractivity contribution is 9.10. The number of aryl methyl sites for hydroxylation is 1. The fourth-order valence-corrected chi connectivity index (χ4v) is 2.90. The average molecular weight is 340 g/mol. The third kappa shape index (κ3) is 2.95. The lowest BCUT2D eigenvalue weighted by atomic mass is 9.96. The van der Waals surface area contributed by atoms with E-state index in [4.69, 9.17) is 10.9 Å². The van der Waals surface area contributed by atoms with Crippen LogP contribution in [0.3, 0.4) is 0 Å². The molecule has 1 atom stereocenters. The van der Waals surface area contributed by atoms with Crippen LogP contribution in [0.1, 0.15) is 28.8 Å². The van der Waals surface area contributed by atoms with Gasteiger partial charge in [0, 0.05) is 23.5 Å². The number of amidine groups is 1. The van der Waals surface area contributed by atoms with Gasteiger partial charge in [-0.2, -0.15) is 0 Å². The number of piperidine rings is 1. The molecule has 2 rings (SSSR count). The Morgan fingerprint density at radius 2 is 2.30 bits per heavy atom. The van der Waals surface area contributed by atoms with Crippen molar-refractivity contribution >= 4 is 27.7 Å². The van der Waals surface area contributed by atoms with Crippen LogP contribution in [0.15, 0.2) is 27.8 Å². The van der Waals surface area contributed by atoms with E-state index in [9.17, 15) is 4.79 Å². The van der Waals surface area contributed by atoms with E-state index in [0.29, 0.717) is 18.7 Å². The Morgan fingerprint density at radius 1 is 1.55 bits per heavy atom. The molecule has 1 aliphatic heterocycles. The van der Waals surface area contributed by atoms with Crippen molar-refractivity contribution in [2.24, 2.45) is 16.8 Å². The van der Waals surface area contributed by atoms with Crippen molar-refractivity contribution < 1.29 is 10.0 Å². The molecule has 1 aliphatic rings. The Hall–Kier alpha value is -1.56. The lowest BCUT2D eigenvalue weighted by Crippen LogP contribution is -2.44. The Kier molecular flexibility index (Phi) is 4.65. The summed E-state index contributed by atoms with van der Waals surface area (Å²) < 4.78 is 0.830. The van der Waals surface area contributed by atoms with E-state index in [1.165, 1.54) is 0 Å². The fourth-order valence-electron chi connectivity index (χ4n) is 2.47. The van der Waals surface area contributed by atoms with Gasteiger partial charge >= 0.3 is 0 Å². The summed E-state index contributed by atoms with van der Waals surface area (Å²) in [5.74, 6) is 0.114. The van der Waals surface area contributed by atoms with Crippen molar-refractivity contribution in [2.75, 3.05) is 13.1 Å². The number of rotatable bonds is 2. The van der Waals surface area contributed by atoms with Crippen LogP contribution in [-0.2, 0) is 0 Å². The standard InChI is InChI=1S/C14H18BrN3O2/c1-9-4-2-6-11(12(9)15)14(19)18-7-3-5-10(8-18)13(16)17-20/h2,4,6,10,20H,3,5,7-8H2,1H3,(H2,16,17). The average Bonchev–Trinajstić information content (AvgIpc) is 2.48. The van der Waals surface area contributed by atoms with Gasteiger partial charge in [-0.15, -0.1) is 0 Å². The van der Waals surface area contributed by atoms with Gasteiger partial charge in [0.25, 0.3) is 5.91 Å². The van der Waals surface area contributed by atoms with E-state index < -0.39 is 0 Å². The van der Waals surface area contributed by atoms with Crippen molar-refractivity contribution in [3.05, 3.63) is 33.8 Å². The van der Waals surface area contributed by atoms with Crippen molar-refractivity contribution in [3.63, 3.8) is 0 Å². The third-order valence-corrected chi connectivity index (χ3v) is 4.72. The quantitative estimate of drug-likeness (QED) is 0.375. The lowest BCUT2D eigenvalue weighted by molar-refractivity contribution is 0.0700. The van der Waals surface area contributed by atoms with Crippen LogP contribution in [0.25, 0.3) is 0 Å². The molecule has 5 nitrogen and oxygen atoms in total. The Balaban J connectivity index is 2.19. The zero-order valence-corrected chi connectivity index (χ0v) is 12.9. The molecule has 3 N–H and O–H groups in total. The van der Waals surface area contributed by atoms with E-state index in [1.54, 1.807) is 4.90 Å². The van der Waals surface area contributed by atoms with Crippen LogP contribution < -0.4 is 5.73 Å². The third-order valence-electron chi connectivity index (χ3n) is 3.66. The van der Waals surface area contributed by atoms with E-state index in [2.05, 4.69) is 21.1 Å². The van der Waals surface area contributed by atoms with Crippen molar-refractivity contribution in [1.82, 2.24) is 4.90 Å². The molecule has 1 aromatic rings. The number of halogens is 1. The number of carbonyl (C=O) groups is 1. The number of nitrogens with zero attached hydrogens (tertiary/aromatic N) is 2. The molecule has 1 fully saturated rings. The SMILES string of the molecule is Cc1cccc(C(=O)N2CCCC(/C(N)=N/O)C2)c1Br. The monoisotopic (exact) mass is 339 g/mol. The van der Waals surface area contributed by atoms with Crippen LogP contribution in [0.5, 0.6) is 0 Å². The molecule has 6 heteroatoms. The first-order chi connectivity index (χ1) is 9.54. The molecule has 0 bridgehead atoms. The van der Waals surface area contributed by atoms with Crippen LogP contribution in [-0.4, -0.2) is 34.9 Å². The number of nitrogens with two attached hydrogens (primary N) is 1. The van der Waals surface area contributed by atoms with Gasteiger partial charge in [-0.1, -0.05) is 17.3 Å². The molecule has 108 valence electrons. The van der Waals surface area contributed by atoms with Crippen LogP contribution >= 0.6 is 15.9 Å². The van der Waals surface area contributed by atoms with Gasteiger partial charge in [-0.25, -0.2) is 0 Å². The van der Waals surface area contributed by atoms with Crippen LogP contribution in [0, 0.1) is 12.8 Å². The topological polar surface area (TPSA) is 78.9 Å². The van der Waals surface area contributed by atoms with Gasteiger partial charge in [0.05, 0.1) is 5.56 Å². The van der Waals surface area contributed by atoms with Gasteiger partial charge in [-0.05, 0) is 47.3 Å². The molecule has 1 unspecified atom stereocenters. The van der Waals surface area contributed by atoms with Crippen molar-refractivity contribution in [2.45, 2.75) is 19.8 Å². The second-order valence-corrected chi connectivity index (χ2v) is 5.84. The summed E-state index contributed by atoms with van der Waals surface area (Å²) in [7, 11) is 0. The first kappa shape index (κ1) is 14.8. The fraction of sp³-hybridized carbons (Fsp3) is 0.429. The molecule has 1 amide bonds. The van der Waals surface area contributed by atoms with E-state index >= 15 is 0 Å². The number of hydrogen-bond acceptors (Lipinski definition) is 3. The molecule has 0 radical (unpaired) electrons. The van der Waals surface area contributed by atoms with Gasteiger partial charge in [0.1, 0.15) is 5.84 Å². The zero-order valence-electron chi connectivity index (χ0n) is 11.3. The number of oxime groups is 1. The van der Waals surface area contributed by atoms with Crippen molar-refractivity contribution in [3.8, 4) is 0 Å². The summed E-state index contributed by atoms with van der Waals surface area (Å²) in [5, 5.41) is 11.8. The molecule has 20 heavy (non-hydrogen) atoms. The second kappa shape index (κ2) is 6.26. The summed E-state index contributed by atoms with van der Waals surface area (Å²) >= 11 is 3.47. The predicted molar refractivity (Wildman–Crippen MR) is 80.9 cm³/mol. The number of benzene rings is 1. The minimum atomic E-state index is -0.0683. The molecule has 0 saturated carbocycles. The summed E-state index contributed by atoms with van der Waals surface area (Å²) in [6.45, 7) is 3.15. The van der Waals surface area contributed by atoms with Gasteiger partial charge < -0.3 is 15.8 Å². The Morgan fingerprint density at radius 3 is 3.00 bits per heavy atom. The first-order valence-corrected chi connectivity index (χ1v) is 7.35. The smallest absolute Gasteiger partial charge is 0.255 e. The number of amides is 1. The maximum absolute atomic E-state index is 12.6. The van der Waals surface area contributed by atoms with Gasteiger partial charge in [0.2, 0.25) is 0 Å². The van der Waals surface area contributed by atoms with Crippen molar-refractivity contribution in [1.29, 1.82) is 0 Å².